The monoisotopic (exact) mass is 751 g/mol. The van der Waals surface area contributed by atoms with E-state index in [0.29, 0.717) is 12.1 Å². The van der Waals surface area contributed by atoms with E-state index in [2.05, 4.69) is 10.6 Å². The molecular formula is C24H13ClN3Na3O13S3. The van der Waals surface area contributed by atoms with Crippen molar-refractivity contribution in [1.29, 1.82) is 0 Å². The van der Waals surface area contributed by atoms with E-state index in [1.807, 2.05) is 0 Å². The topological polar surface area (TPSA) is 273 Å². The first kappa shape index (κ1) is 43.5. The summed E-state index contributed by atoms with van der Waals surface area (Å²) in [5.41, 5.74) is -1.50. The second-order valence-electron chi connectivity index (χ2n) is 8.73. The number of nitrogens with one attached hydrogen (secondary N) is 2. The van der Waals surface area contributed by atoms with E-state index < -0.39 is 78.2 Å². The van der Waals surface area contributed by atoms with E-state index >= 15 is 0 Å². The first-order chi connectivity index (χ1) is 20.3. The summed E-state index contributed by atoms with van der Waals surface area (Å²) in [5, 5.41) is 13.7. The van der Waals surface area contributed by atoms with Gasteiger partial charge in [-0.25, -0.2) is 25.3 Å². The van der Waals surface area contributed by atoms with Gasteiger partial charge in [0.15, 0.2) is 0 Å². The van der Waals surface area contributed by atoms with Gasteiger partial charge in [0, 0.05) is 34.0 Å². The third-order valence-corrected chi connectivity index (χ3v) is 8.78. The molecule has 0 aromatic heterocycles. The van der Waals surface area contributed by atoms with Gasteiger partial charge < -0.3 is 24.3 Å². The van der Waals surface area contributed by atoms with Gasteiger partial charge >= 0.3 is 88.7 Å². The van der Waals surface area contributed by atoms with Crippen molar-refractivity contribution in [1.82, 2.24) is 0 Å². The number of halogens is 1. The minimum absolute atomic E-state index is 0. The Bertz CT molecular complexity index is 2250. The maximum absolute atomic E-state index is 13.2. The van der Waals surface area contributed by atoms with Gasteiger partial charge in [0.05, 0.1) is 36.0 Å². The number of benzene rings is 4. The van der Waals surface area contributed by atoms with Crippen molar-refractivity contribution in [3.05, 3.63) is 93.0 Å². The molecule has 0 fully saturated rings. The van der Waals surface area contributed by atoms with Crippen LogP contribution in [0.3, 0.4) is 0 Å². The summed E-state index contributed by atoms with van der Waals surface area (Å²) in [7, 11) is -16.6. The van der Waals surface area contributed by atoms with Gasteiger partial charge in [0.1, 0.15) is 30.4 Å². The fourth-order valence-electron chi connectivity index (χ4n) is 3.97. The molecule has 47 heavy (non-hydrogen) atoms. The third-order valence-electron chi connectivity index (χ3n) is 5.88. The van der Waals surface area contributed by atoms with Crippen molar-refractivity contribution in [3.8, 4) is 0 Å². The van der Waals surface area contributed by atoms with Gasteiger partial charge in [-0.2, -0.15) is 0 Å². The van der Waals surface area contributed by atoms with Crippen LogP contribution >= 0.6 is 11.6 Å². The molecule has 0 unspecified atom stereocenters. The molecule has 4 aromatic rings. The standard InChI is InChI=1S/C24H16ClN3O13S3.3Na/c25-17-5-4-13(9-19(17)27-23(29)12-2-1-3-14(8-12)28(31)32)24(30)26-18-6-7-20(43(36,37)38)16-10-15(42(33,34)35)11-21(22(16)18)44(39,40)41;;;/h1-11H,(H,26,30)(H,27,29)(H,33,34,35)(H,36,37,38)(H,39,40,41);;;/q;3*+1/p-3. The number of anilines is 2. The van der Waals surface area contributed by atoms with E-state index in [1.165, 1.54) is 18.2 Å². The van der Waals surface area contributed by atoms with Crippen LogP contribution in [-0.2, 0) is 30.4 Å². The Kier molecular flexibility index (Phi) is 15.3. The van der Waals surface area contributed by atoms with Crippen LogP contribution in [0.25, 0.3) is 10.8 Å². The molecule has 23 heteroatoms. The Morgan fingerprint density at radius 3 is 1.74 bits per heavy atom. The normalized spacial score (nSPS) is 11.3. The summed E-state index contributed by atoms with van der Waals surface area (Å²) in [6.07, 6.45) is 0. The van der Waals surface area contributed by atoms with Crippen LogP contribution in [0.2, 0.25) is 5.02 Å². The molecule has 0 aliphatic heterocycles. The summed E-state index contributed by atoms with van der Waals surface area (Å²) < 4.78 is 107. The molecule has 0 spiro atoms. The Morgan fingerprint density at radius 1 is 0.660 bits per heavy atom. The molecule has 0 radical (unpaired) electrons. The van der Waals surface area contributed by atoms with Gasteiger partial charge in [0.2, 0.25) is 0 Å². The zero-order valence-corrected chi connectivity index (χ0v) is 33.4. The van der Waals surface area contributed by atoms with Crippen LogP contribution in [0.5, 0.6) is 0 Å². The number of nitro groups is 1. The number of non-ortho nitro benzene ring substituents is 1. The van der Waals surface area contributed by atoms with E-state index in [-0.39, 0.29) is 122 Å². The molecular weight excluding hydrogens is 739 g/mol. The Balaban J connectivity index is 0.00000368. The van der Waals surface area contributed by atoms with Crippen molar-refractivity contribution in [2.24, 2.45) is 0 Å². The molecule has 0 saturated heterocycles. The number of nitrogens with zero attached hydrogens (tertiary/aromatic N) is 1. The average molecular weight is 752 g/mol. The maximum Gasteiger partial charge on any atom is 1.00 e. The van der Waals surface area contributed by atoms with E-state index in [0.717, 1.165) is 30.3 Å². The number of nitro benzene ring substituents is 1. The Labute approximate surface area is 337 Å². The van der Waals surface area contributed by atoms with Gasteiger partial charge in [-0.3, -0.25) is 19.7 Å². The number of hydrogen-bond donors (Lipinski definition) is 2. The molecule has 0 aliphatic carbocycles. The van der Waals surface area contributed by atoms with E-state index in [1.54, 1.807) is 0 Å². The Morgan fingerprint density at radius 2 is 1.21 bits per heavy atom. The van der Waals surface area contributed by atoms with Crippen molar-refractivity contribution < 1.29 is 142 Å². The largest absolute Gasteiger partial charge is 1.00 e. The van der Waals surface area contributed by atoms with Crippen LogP contribution < -0.4 is 99.3 Å². The molecule has 0 bridgehead atoms. The van der Waals surface area contributed by atoms with Crippen molar-refractivity contribution in [3.63, 3.8) is 0 Å². The number of rotatable bonds is 8. The van der Waals surface area contributed by atoms with Gasteiger partial charge in [-0.15, -0.1) is 0 Å². The molecule has 0 saturated carbocycles. The molecule has 2 N–H and O–H groups in total. The second kappa shape index (κ2) is 16.5. The van der Waals surface area contributed by atoms with Crippen LogP contribution in [0.4, 0.5) is 17.1 Å². The zero-order chi connectivity index (χ0) is 32.8. The minimum Gasteiger partial charge on any atom is -0.744 e. The van der Waals surface area contributed by atoms with Gasteiger partial charge in [-0.1, -0.05) is 17.7 Å². The van der Waals surface area contributed by atoms with Crippen LogP contribution in [0.15, 0.2) is 81.4 Å². The van der Waals surface area contributed by atoms with Crippen molar-refractivity contribution >= 4 is 81.6 Å². The molecule has 0 atom stereocenters. The summed E-state index contributed by atoms with van der Waals surface area (Å²) >= 11 is 6.12. The molecule has 4 aromatic carbocycles. The van der Waals surface area contributed by atoms with Gasteiger partial charge in [0.25, 0.3) is 17.5 Å². The molecule has 0 aliphatic rings. The summed E-state index contributed by atoms with van der Waals surface area (Å²) in [5.74, 6) is -1.91. The number of fused-ring (bicyclic) bond motifs is 1. The smallest absolute Gasteiger partial charge is 0.744 e. The van der Waals surface area contributed by atoms with Crippen LogP contribution in [-0.4, -0.2) is 55.6 Å². The SMILES string of the molecule is O=C(Nc1cc(C(=O)Nc2ccc(S(=O)(=O)[O-])c3cc(S(=O)(=O)[O-])cc(S(=O)(=O)[O-])c23)ccc1Cl)c1cccc([N+](=O)[O-])c1.[Na+].[Na+].[Na+]. The third kappa shape index (κ3) is 10.3. The quantitative estimate of drug-likeness (QED) is 0.0735. The van der Waals surface area contributed by atoms with Crippen molar-refractivity contribution in [2.45, 2.75) is 14.7 Å². The molecule has 4 rings (SSSR count). The molecule has 0 heterocycles. The fraction of sp³-hybridized carbons (Fsp3) is 0. The van der Waals surface area contributed by atoms with Crippen LogP contribution in [0.1, 0.15) is 20.7 Å². The number of carbonyl (C=O) groups excluding carboxylic acids is 2. The predicted octanol–water partition coefficient (Wildman–Crippen LogP) is -6.37. The zero-order valence-electron chi connectivity index (χ0n) is 24.2. The first-order valence-corrected chi connectivity index (χ1v) is 16.0. The van der Waals surface area contributed by atoms with E-state index in [4.69, 9.17) is 11.6 Å². The van der Waals surface area contributed by atoms with E-state index in [9.17, 15) is 58.6 Å². The van der Waals surface area contributed by atoms with Crippen LogP contribution in [0, 0.1) is 10.1 Å². The average Bonchev–Trinajstić information content (AvgIpc) is 2.92. The minimum atomic E-state index is -5.67. The molecule has 230 valence electrons. The fourth-order valence-corrected chi connectivity index (χ4v) is 6.14. The summed E-state index contributed by atoms with van der Waals surface area (Å²) in [6.45, 7) is 0. The number of hydrogen-bond acceptors (Lipinski definition) is 13. The Hall–Kier alpha value is -1.50. The predicted molar refractivity (Wildman–Crippen MR) is 148 cm³/mol. The molecule has 2 amide bonds. The number of carbonyl (C=O) groups is 2. The second-order valence-corrected chi connectivity index (χ2v) is 13.2. The van der Waals surface area contributed by atoms with Crippen molar-refractivity contribution in [2.75, 3.05) is 10.6 Å². The summed E-state index contributed by atoms with van der Waals surface area (Å²) in [6, 6.07) is 9.93. The first-order valence-electron chi connectivity index (χ1n) is 11.4. The number of amides is 2. The summed E-state index contributed by atoms with van der Waals surface area (Å²) in [4.78, 5) is 32.2. The maximum atomic E-state index is 13.2. The van der Waals surface area contributed by atoms with Gasteiger partial charge in [-0.05, 0) is 48.5 Å². The molecule has 16 nitrogen and oxygen atoms in total.